The second-order valence-electron chi connectivity index (χ2n) is 4.14. The average molecular weight is 246 g/mol. The summed E-state index contributed by atoms with van der Waals surface area (Å²) in [6.07, 6.45) is 8.25. The molecule has 0 saturated heterocycles. The van der Waals surface area contributed by atoms with Gasteiger partial charge < -0.3 is 5.32 Å². The fraction of sp³-hybridized carbons (Fsp3) is 0.429. The van der Waals surface area contributed by atoms with E-state index in [2.05, 4.69) is 18.2 Å². The van der Waals surface area contributed by atoms with Gasteiger partial charge in [-0.1, -0.05) is 31.4 Å². The molecule has 0 fully saturated rings. The highest BCUT2D eigenvalue weighted by atomic mass is 16.6. The molecule has 1 N–H and O–H groups in total. The Morgan fingerprint density at radius 2 is 2.11 bits per heavy atom. The number of nitrogens with zero attached hydrogens (tertiary/aromatic N) is 1. The highest BCUT2D eigenvalue weighted by molar-refractivity contribution is 5.32. The molecule has 0 aliphatic carbocycles. The molecule has 0 spiro atoms. The molecule has 0 bridgehead atoms. The van der Waals surface area contributed by atoms with Crippen LogP contribution in [0.15, 0.2) is 24.3 Å². The van der Waals surface area contributed by atoms with E-state index in [-0.39, 0.29) is 11.7 Å². The molecule has 1 unspecified atom stereocenters. The summed E-state index contributed by atoms with van der Waals surface area (Å²) in [7, 11) is 0. The molecular formula is C14H18N2O2. The predicted octanol–water partition coefficient (Wildman–Crippen LogP) is 2.53. The lowest BCUT2D eigenvalue weighted by atomic mass is 10.1. The van der Waals surface area contributed by atoms with Crippen molar-refractivity contribution >= 4 is 5.69 Å². The fourth-order valence-corrected chi connectivity index (χ4v) is 1.71. The van der Waals surface area contributed by atoms with Gasteiger partial charge in [0.25, 0.3) is 5.69 Å². The van der Waals surface area contributed by atoms with Crippen LogP contribution in [0.4, 0.5) is 5.69 Å². The first kappa shape index (κ1) is 14.2. The van der Waals surface area contributed by atoms with E-state index in [0.717, 1.165) is 31.4 Å². The zero-order valence-corrected chi connectivity index (χ0v) is 10.6. The summed E-state index contributed by atoms with van der Waals surface area (Å²) >= 11 is 0. The summed E-state index contributed by atoms with van der Waals surface area (Å²) in [5.41, 5.74) is 1.19. The van der Waals surface area contributed by atoms with Crippen molar-refractivity contribution in [1.82, 2.24) is 5.32 Å². The number of terminal acetylenes is 1. The summed E-state index contributed by atoms with van der Waals surface area (Å²) < 4.78 is 0. The van der Waals surface area contributed by atoms with Gasteiger partial charge in [-0.25, -0.2) is 0 Å². The Balaban J connectivity index is 2.40. The third-order valence-electron chi connectivity index (χ3n) is 2.73. The summed E-state index contributed by atoms with van der Waals surface area (Å²) in [5.74, 6) is 2.71. The minimum atomic E-state index is -0.391. The van der Waals surface area contributed by atoms with E-state index in [1.54, 1.807) is 12.1 Å². The quantitative estimate of drug-likeness (QED) is 0.457. The van der Waals surface area contributed by atoms with Gasteiger partial charge in [0.05, 0.1) is 11.0 Å². The van der Waals surface area contributed by atoms with Crippen LogP contribution in [0.2, 0.25) is 0 Å². The lowest BCUT2D eigenvalue weighted by Crippen LogP contribution is -2.29. The number of hydrogen-bond donors (Lipinski definition) is 1. The van der Waals surface area contributed by atoms with E-state index in [4.69, 9.17) is 6.42 Å². The Morgan fingerprint density at radius 1 is 1.44 bits per heavy atom. The maximum absolute atomic E-state index is 10.5. The lowest BCUT2D eigenvalue weighted by Gasteiger charge is -2.11. The van der Waals surface area contributed by atoms with Crippen molar-refractivity contribution in [2.75, 3.05) is 6.54 Å². The van der Waals surface area contributed by atoms with Gasteiger partial charge in [-0.05, 0) is 18.4 Å². The minimum Gasteiger partial charge on any atom is -0.303 e. The molecule has 4 heteroatoms. The third-order valence-corrected chi connectivity index (χ3v) is 2.73. The number of nitro benzene ring substituents is 1. The summed E-state index contributed by atoms with van der Waals surface area (Å²) in [4.78, 5) is 10.1. The first-order valence-electron chi connectivity index (χ1n) is 6.10. The monoisotopic (exact) mass is 246 g/mol. The highest BCUT2D eigenvalue weighted by Crippen LogP contribution is 2.12. The zero-order valence-electron chi connectivity index (χ0n) is 10.6. The molecular weight excluding hydrogens is 228 g/mol. The molecule has 0 amide bonds. The van der Waals surface area contributed by atoms with Crippen LogP contribution in [0, 0.1) is 22.5 Å². The summed E-state index contributed by atoms with van der Waals surface area (Å²) in [5, 5.41) is 13.8. The Morgan fingerprint density at radius 3 is 2.61 bits per heavy atom. The molecule has 4 nitrogen and oxygen atoms in total. The zero-order chi connectivity index (χ0) is 13.4. The molecule has 0 heterocycles. The number of hydrogen-bond acceptors (Lipinski definition) is 3. The van der Waals surface area contributed by atoms with E-state index in [0.29, 0.717) is 0 Å². The molecule has 18 heavy (non-hydrogen) atoms. The van der Waals surface area contributed by atoms with Gasteiger partial charge in [-0.3, -0.25) is 10.1 Å². The van der Waals surface area contributed by atoms with Crippen molar-refractivity contribution in [3.63, 3.8) is 0 Å². The summed E-state index contributed by atoms with van der Waals surface area (Å²) in [6, 6.07) is 6.74. The van der Waals surface area contributed by atoms with Crippen LogP contribution in [0.25, 0.3) is 0 Å². The molecule has 96 valence electrons. The van der Waals surface area contributed by atoms with Crippen LogP contribution in [-0.4, -0.2) is 17.5 Å². The van der Waals surface area contributed by atoms with Crippen molar-refractivity contribution in [2.45, 2.75) is 32.2 Å². The molecule has 1 rings (SSSR count). The largest absolute Gasteiger partial charge is 0.303 e. The first-order chi connectivity index (χ1) is 8.67. The SMILES string of the molecule is C#CC(CCC)NCCc1ccc([N+](=O)[O-])cc1. The second kappa shape index (κ2) is 7.46. The summed E-state index contributed by atoms with van der Waals surface area (Å²) in [6.45, 7) is 2.88. The van der Waals surface area contributed by atoms with E-state index in [1.165, 1.54) is 12.1 Å². The maximum atomic E-state index is 10.5. The van der Waals surface area contributed by atoms with Crippen molar-refractivity contribution in [3.05, 3.63) is 39.9 Å². The van der Waals surface area contributed by atoms with E-state index >= 15 is 0 Å². The van der Waals surface area contributed by atoms with Crippen LogP contribution < -0.4 is 5.32 Å². The minimum absolute atomic E-state index is 0.119. The number of nitrogens with one attached hydrogen (secondary N) is 1. The van der Waals surface area contributed by atoms with Crippen LogP contribution in [-0.2, 0) is 6.42 Å². The number of nitro groups is 1. The van der Waals surface area contributed by atoms with Crippen molar-refractivity contribution in [3.8, 4) is 12.3 Å². The predicted molar refractivity (Wildman–Crippen MR) is 72.3 cm³/mol. The molecule has 1 atom stereocenters. The van der Waals surface area contributed by atoms with Crippen LogP contribution in [0.3, 0.4) is 0 Å². The van der Waals surface area contributed by atoms with Gasteiger partial charge in [-0.15, -0.1) is 6.42 Å². The molecule has 0 aromatic heterocycles. The fourth-order valence-electron chi connectivity index (χ4n) is 1.71. The van der Waals surface area contributed by atoms with Gasteiger partial charge >= 0.3 is 0 Å². The Kier molecular flexibility index (Phi) is 5.89. The van der Waals surface area contributed by atoms with Crippen LogP contribution in [0.1, 0.15) is 25.3 Å². The molecule has 1 aromatic rings. The van der Waals surface area contributed by atoms with Gasteiger partial charge in [-0.2, -0.15) is 0 Å². The third kappa shape index (κ3) is 4.56. The average Bonchev–Trinajstić information content (AvgIpc) is 2.38. The van der Waals surface area contributed by atoms with E-state index < -0.39 is 4.92 Å². The van der Waals surface area contributed by atoms with E-state index in [9.17, 15) is 10.1 Å². The Labute approximate surface area is 108 Å². The van der Waals surface area contributed by atoms with Gasteiger partial charge in [0.2, 0.25) is 0 Å². The molecule has 0 radical (unpaired) electrons. The van der Waals surface area contributed by atoms with Crippen LogP contribution in [0.5, 0.6) is 0 Å². The van der Waals surface area contributed by atoms with Gasteiger partial charge in [0.1, 0.15) is 0 Å². The number of rotatable bonds is 7. The molecule has 0 saturated carbocycles. The Bertz CT molecular complexity index is 420. The number of benzene rings is 1. The molecule has 0 aliphatic heterocycles. The second-order valence-corrected chi connectivity index (χ2v) is 4.14. The van der Waals surface area contributed by atoms with E-state index in [1.807, 2.05) is 0 Å². The maximum Gasteiger partial charge on any atom is 0.269 e. The smallest absolute Gasteiger partial charge is 0.269 e. The topological polar surface area (TPSA) is 55.2 Å². The standard InChI is InChI=1S/C14H18N2O2/c1-3-5-13(4-2)15-11-10-12-6-8-14(9-7-12)16(17)18/h2,6-9,13,15H,3,5,10-11H2,1H3. The van der Waals surface area contributed by atoms with Gasteiger partial charge in [0, 0.05) is 18.7 Å². The van der Waals surface area contributed by atoms with Gasteiger partial charge in [0.15, 0.2) is 0 Å². The van der Waals surface area contributed by atoms with Crippen molar-refractivity contribution < 1.29 is 4.92 Å². The van der Waals surface area contributed by atoms with Crippen molar-refractivity contribution in [1.29, 1.82) is 0 Å². The van der Waals surface area contributed by atoms with Crippen LogP contribution >= 0.6 is 0 Å². The molecule has 0 aliphatic rings. The normalized spacial score (nSPS) is 11.8. The first-order valence-corrected chi connectivity index (χ1v) is 6.10. The Hall–Kier alpha value is -1.86. The number of non-ortho nitro benzene ring substituents is 1. The molecule has 1 aromatic carbocycles. The lowest BCUT2D eigenvalue weighted by molar-refractivity contribution is -0.384. The van der Waals surface area contributed by atoms with Crippen molar-refractivity contribution in [2.24, 2.45) is 0 Å². The highest BCUT2D eigenvalue weighted by Gasteiger charge is 2.05.